The van der Waals surface area contributed by atoms with E-state index in [0.29, 0.717) is 0 Å². The van der Waals surface area contributed by atoms with E-state index in [4.69, 9.17) is 16.6 Å². The summed E-state index contributed by atoms with van der Waals surface area (Å²) in [6.07, 6.45) is 0.870. The number of halogens is 1. The van der Waals surface area contributed by atoms with Gasteiger partial charge in [-0.2, -0.15) is 0 Å². The quantitative estimate of drug-likeness (QED) is 0.905. The standard InChI is InChI=1S/C16H21ClN2S/c1-16(2,3)15-13(10-18-4)20-14(19-15)9-11-5-7-12(17)8-6-11/h5-8,18H,9-10H2,1-4H3. The van der Waals surface area contributed by atoms with E-state index in [2.05, 4.69) is 38.2 Å². The number of hydrogen-bond donors (Lipinski definition) is 1. The molecule has 108 valence electrons. The van der Waals surface area contributed by atoms with Gasteiger partial charge in [-0.05, 0) is 24.7 Å². The van der Waals surface area contributed by atoms with Gasteiger partial charge in [0.25, 0.3) is 0 Å². The van der Waals surface area contributed by atoms with Crippen LogP contribution in [0.15, 0.2) is 24.3 Å². The summed E-state index contributed by atoms with van der Waals surface area (Å²) >= 11 is 7.73. The maximum atomic E-state index is 5.92. The Labute approximate surface area is 130 Å². The molecule has 0 saturated heterocycles. The van der Waals surface area contributed by atoms with Gasteiger partial charge in [0.1, 0.15) is 0 Å². The SMILES string of the molecule is CNCc1sc(Cc2ccc(Cl)cc2)nc1C(C)(C)C. The van der Waals surface area contributed by atoms with E-state index in [0.717, 1.165) is 18.0 Å². The molecule has 1 aromatic heterocycles. The predicted octanol–water partition coefficient (Wildman–Crippen LogP) is 4.40. The number of rotatable bonds is 4. The zero-order valence-corrected chi connectivity index (χ0v) is 14.0. The summed E-state index contributed by atoms with van der Waals surface area (Å²) in [5.74, 6) is 0. The zero-order valence-electron chi connectivity index (χ0n) is 12.5. The third kappa shape index (κ3) is 3.81. The van der Waals surface area contributed by atoms with Gasteiger partial charge in [0.05, 0.1) is 10.7 Å². The van der Waals surface area contributed by atoms with Gasteiger partial charge in [-0.1, -0.05) is 44.5 Å². The van der Waals surface area contributed by atoms with E-state index >= 15 is 0 Å². The molecule has 0 aliphatic carbocycles. The number of nitrogens with one attached hydrogen (secondary N) is 1. The molecule has 0 bridgehead atoms. The Bertz CT molecular complexity index is 567. The van der Waals surface area contributed by atoms with Crippen LogP contribution in [0, 0.1) is 0 Å². The second-order valence-electron chi connectivity index (χ2n) is 5.96. The first-order valence-electron chi connectivity index (χ1n) is 6.78. The second-order valence-corrected chi connectivity index (χ2v) is 7.57. The topological polar surface area (TPSA) is 24.9 Å². The van der Waals surface area contributed by atoms with E-state index in [1.807, 2.05) is 19.2 Å². The molecular formula is C16H21ClN2S. The average molecular weight is 309 g/mol. The Kier molecular flexibility index (Phi) is 4.84. The molecule has 1 N–H and O–H groups in total. The molecule has 0 radical (unpaired) electrons. The van der Waals surface area contributed by atoms with Crippen molar-refractivity contribution in [2.24, 2.45) is 0 Å². The molecule has 2 nitrogen and oxygen atoms in total. The van der Waals surface area contributed by atoms with E-state index in [1.165, 1.54) is 21.1 Å². The van der Waals surface area contributed by atoms with Gasteiger partial charge < -0.3 is 5.32 Å². The molecule has 0 unspecified atom stereocenters. The van der Waals surface area contributed by atoms with Crippen molar-refractivity contribution in [3.8, 4) is 0 Å². The normalized spacial score (nSPS) is 11.8. The molecule has 0 atom stereocenters. The van der Waals surface area contributed by atoms with Gasteiger partial charge in [-0.3, -0.25) is 0 Å². The molecule has 4 heteroatoms. The predicted molar refractivity (Wildman–Crippen MR) is 87.8 cm³/mol. The minimum absolute atomic E-state index is 0.0843. The maximum Gasteiger partial charge on any atom is 0.0975 e. The van der Waals surface area contributed by atoms with Crippen LogP contribution in [-0.2, 0) is 18.4 Å². The Hall–Kier alpha value is -0.900. The van der Waals surface area contributed by atoms with Crippen molar-refractivity contribution in [2.75, 3.05) is 7.05 Å². The van der Waals surface area contributed by atoms with Crippen molar-refractivity contribution in [2.45, 2.75) is 39.2 Å². The first-order valence-corrected chi connectivity index (χ1v) is 7.97. The van der Waals surface area contributed by atoms with Crippen LogP contribution >= 0.6 is 22.9 Å². The van der Waals surface area contributed by atoms with Gasteiger partial charge in [-0.25, -0.2) is 4.98 Å². The summed E-state index contributed by atoms with van der Waals surface area (Å²) < 4.78 is 0. The van der Waals surface area contributed by atoms with Crippen molar-refractivity contribution in [1.82, 2.24) is 10.3 Å². The molecule has 20 heavy (non-hydrogen) atoms. The van der Waals surface area contributed by atoms with E-state index in [-0.39, 0.29) is 5.41 Å². The minimum Gasteiger partial charge on any atom is -0.315 e. The second kappa shape index (κ2) is 6.25. The lowest BCUT2D eigenvalue weighted by Crippen LogP contribution is -2.16. The molecular weight excluding hydrogens is 288 g/mol. The zero-order chi connectivity index (χ0) is 14.8. The summed E-state index contributed by atoms with van der Waals surface area (Å²) in [6.45, 7) is 7.53. The number of nitrogens with zero attached hydrogens (tertiary/aromatic N) is 1. The summed E-state index contributed by atoms with van der Waals surface area (Å²) in [5.41, 5.74) is 2.54. The molecule has 0 amide bonds. The van der Waals surface area contributed by atoms with Gasteiger partial charge >= 0.3 is 0 Å². The smallest absolute Gasteiger partial charge is 0.0975 e. The molecule has 0 aliphatic rings. The molecule has 1 aromatic carbocycles. The largest absolute Gasteiger partial charge is 0.315 e. The molecule has 1 heterocycles. The van der Waals surface area contributed by atoms with Crippen LogP contribution in [0.3, 0.4) is 0 Å². The van der Waals surface area contributed by atoms with Gasteiger partial charge in [-0.15, -0.1) is 11.3 Å². The highest BCUT2D eigenvalue weighted by molar-refractivity contribution is 7.11. The third-order valence-electron chi connectivity index (χ3n) is 3.06. The van der Waals surface area contributed by atoms with Crippen LogP contribution in [0.25, 0.3) is 0 Å². The third-order valence-corrected chi connectivity index (χ3v) is 4.37. The van der Waals surface area contributed by atoms with Gasteiger partial charge in [0, 0.05) is 28.3 Å². The Morgan fingerprint density at radius 1 is 1.20 bits per heavy atom. The van der Waals surface area contributed by atoms with E-state index < -0.39 is 0 Å². The highest BCUT2D eigenvalue weighted by Gasteiger charge is 2.22. The fraction of sp³-hybridized carbons (Fsp3) is 0.438. The molecule has 2 rings (SSSR count). The number of hydrogen-bond acceptors (Lipinski definition) is 3. The number of benzene rings is 1. The van der Waals surface area contributed by atoms with Crippen molar-refractivity contribution < 1.29 is 0 Å². The fourth-order valence-corrected chi connectivity index (χ4v) is 3.57. The molecule has 0 saturated carbocycles. The highest BCUT2D eigenvalue weighted by Crippen LogP contribution is 2.30. The van der Waals surface area contributed by atoms with Crippen molar-refractivity contribution in [3.63, 3.8) is 0 Å². The molecule has 0 spiro atoms. The number of aromatic nitrogens is 1. The lowest BCUT2D eigenvalue weighted by atomic mass is 9.91. The lowest BCUT2D eigenvalue weighted by Gasteiger charge is -2.17. The van der Waals surface area contributed by atoms with Gasteiger partial charge in [0.2, 0.25) is 0 Å². The Balaban J connectivity index is 2.26. The monoisotopic (exact) mass is 308 g/mol. The van der Waals surface area contributed by atoms with Crippen LogP contribution < -0.4 is 5.32 Å². The average Bonchev–Trinajstić information content (AvgIpc) is 2.75. The van der Waals surface area contributed by atoms with Crippen LogP contribution in [0.4, 0.5) is 0 Å². The first kappa shape index (κ1) is 15.5. The van der Waals surface area contributed by atoms with Gasteiger partial charge in [0.15, 0.2) is 0 Å². The van der Waals surface area contributed by atoms with Crippen molar-refractivity contribution in [3.05, 3.63) is 50.4 Å². The van der Waals surface area contributed by atoms with Crippen LogP contribution in [0.2, 0.25) is 5.02 Å². The number of thiazole rings is 1. The molecule has 2 aromatic rings. The van der Waals surface area contributed by atoms with E-state index in [1.54, 1.807) is 11.3 Å². The summed E-state index contributed by atoms with van der Waals surface area (Å²) in [5, 5.41) is 5.18. The maximum absolute atomic E-state index is 5.92. The van der Waals surface area contributed by atoms with E-state index in [9.17, 15) is 0 Å². The van der Waals surface area contributed by atoms with Crippen LogP contribution in [0.5, 0.6) is 0 Å². The molecule has 0 fully saturated rings. The molecule has 0 aliphatic heterocycles. The summed E-state index contributed by atoms with van der Waals surface area (Å²) in [4.78, 5) is 6.20. The van der Waals surface area contributed by atoms with Crippen molar-refractivity contribution >= 4 is 22.9 Å². The first-order chi connectivity index (χ1) is 9.40. The summed E-state index contributed by atoms with van der Waals surface area (Å²) in [6, 6.07) is 8.00. The fourth-order valence-electron chi connectivity index (χ4n) is 2.12. The summed E-state index contributed by atoms with van der Waals surface area (Å²) in [7, 11) is 1.98. The van der Waals surface area contributed by atoms with Crippen LogP contribution in [0.1, 0.15) is 41.9 Å². The Morgan fingerprint density at radius 3 is 2.40 bits per heavy atom. The van der Waals surface area contributed by atoms with Crippen molar-refractivity contribution in [1.29, 1.82) is 0 Å². The van der Waals surface area contributed by atoms with Crippen LogP contribution in [-0.4, -0.2) is 12.0 Å². The Morgan fingerprint density at radius 2 is 1.85 bits per heavy atom. The minimum atomic E-state index is 0.0843. The lowest BCUT2D eigenvalue weighted by molar-refractivity contribution is 0.561. The highest BCUT2D eigenvalue weighted by atomic mass is 35.5.